The summed E-state index contributed by atoms with van der Waals surface area (Å²) in [4.78, 5) is 2.95. The largest absolute Gasteiger partial charge is 0.302 e. The van der Waals surface area contributed by atoms with Crippen molar-refractivity contribution in [2.75, 3.05) is 32.7 Å². The van der Waals surface area contributed by atoms with E-state index >= 15 is 0 Å². The molecule has 1 saturated heterocycles. The average molecular weight is 334 g/mol. The van der Waals surface area contributed by atoms with Crippen molar-refractivity contribution in [3.8, 4) is 0 Å². The fraction of sp³-hybridized carbons (Fsp3) is 0.667. The summed E-state index contributed by atoms with van der Waals surface area (Å²) < 4.78 is 27.7. The summed E-state index contributed by atoms with van der Waals surface area (Å²) in [6.45, 7) is 4.35. The van der Waals surface area contributed by atoms with E-state index in [1.54, 1.807) is 4.31 Å². The van der Waals surface area contributed by atoms with Crippen molar-refractivity contribution in [2.24, 2.45) is 5.92 Å². The summed E-state index contributed by atoms with van der Waals surface area (Å²) in [5, 5.41) is 0. The van der Waals surface area contributed by atoms with Gasteiger partial charge in [0, 0.05) is 26.2 Å². The van der Waals surface area contributed by atoms with Crippen LogP contribution in [0.15, 0.2) is 23.1 Å². The van der Waals surface area contributed by atoms with Crippen LogP contribution >= 0.6 is 0 Å². The Morgan fingerprint density at radius 1 is 0.957 bits per heavy atom. The van der Waals surface area contributed by atoms with Crippen molar-refractivity contribution in [3.63, 3.8) is 0 Å². The second kappa shape index (κ2) is 6.19. The van der Waals surface area contributed by atoms with Crippen LogP contribution in [0.2, 0.25) is 0 Å². The van der Waals surface area contributed by atoms with E-state index in [1.165, 1.54) is 24.0 Å². The van der Waals surface area contributed by atoms with Crippen molar-refractivity contribution in [1.82, 2.24) is 9.21 Å². The molecule has 0 spiro atoms. The van der Waals surface area contributed by atoms with Gasteiger partial charge in [-0.15, -0.1) is 0 Å². The Kier molecular flexibility index (Phi) is 4.20. The maximum atomic E-state index is 13.0. The van der Waals surface area contributed by atoms with Crippen LogP contribution in [0.25, 0.3) is 0 Å². The van der Waals surface area contributed by atoms with E-state index in [2.05, 4.69) is 4.90 Å². The van der Waals surface area contributed by atoms with Gasteiger partial charge in [-0.3, -0.25) is 0 Å². The van der Waals surface area contributed by atoms with Crippen LogP contribution in [-0.4, -0.2) is 50.3 Å². The van der Waals surface area contributed by atoms with Crippen LogP contribution in [0.4, 0.5) is 0 Å². The molecule has 0 aromatic heterocycles. The molecule has 4 rings (SSSR count). The molecule has 4 nitrogen and oxygen atoms in total. The van der Waals surface area contributed by atoms with Gasteiger partial charge in [0.05, 0.1) is 4.90 Å². The summed E-state index contributed by atoms with van der Waals surface area (Å²) in [5.74, 6) is 0.870. The Morgan fingerprint density at radius 2 is 1.78 bits per heavy atom. The zero-order valence-corrected chi connectivity index (χ0v) is 14.5. The minimum Gasteiger partial charge on any atom is -0.302 e. The van der Waals surface area contributed by atoms with E-state index in [-0.39, 0.29) is 0 Å². The molecule has 2 aliphatic carbocycles. The molecular weight excluding hydrogens is 308 g/mol. The predicted molar refractivity (Wildman–Crippen MR) is 91.0 cm³/mol. The summed E-state index contributed by atoms with van der Waals surface area (Å²) in [6, 6.07) is 5.75. The third-order valence-corrected chi connectivity index (χ3v) is 7.36. The third-order valence-electron chi connectivity index (χ3n) is 5.47. The van der Waals surface area contributed by atoms with Gasteiger partial charge in [-0.05, 0) is 74.2 Å². The number of hydrogen-bond acceptors (Lipinski definition) is 3. The van der Waals surface area contributed by atoms with Crippen molar-refractivity contribution in [3.05, 3.63) is 29.3 Å². The lowest BCUT2D eigenvalue weighted by molar-refractivity contribution is 0.275. The molecule has 1 saturated carbocycles. The monoisotopic (exact) mass is 334 g/mol. The second-order valence-electron chi connectivity index (χ2n) is 7.29. The standard InChI is InChI=1S/C18H26N2O2S/c21-23(22,18-8-7-16-3-1-4-17(16)13-18)20-10-2-9-19(11-12-20)14-15-5-6-15/h7-8,13,15H,1-6,9-12,14H2. The van der Waals surface area contributed by atoms with Crippen molar-refractivity contribution in [2.45, 2.75) is 43.4 Å². The number of nitrogens with zero attached hydrogens (tertiary/aromatic N) is 2. The van der Waals surface area contributed by atoms with Gasteiger partial charge in [0.2, 0.25) is 10.0 Å². The van der Waals surface area contributed by atoms with E-state index in [1.807, 2.05) is 18.2 Å². The van der Waals surface area contributed by atoms with Gasteiger partial charge in [0.25, 0.3) is 0 Å². The minimum atomic E-state index is -3.34. The quantitative estimate of drug-likeness (QED) is 0.848. The van der Waals surface area contributed by atoms with E-state index in [0.717, 1.165) is 51.2 Å². The average Bonchev–Trinajstić information content (AvgIpc) is 3.28. The Hall–Kier alpha value is -0.910. The number of aryl methyl sites for hydroxylation is 2. The molecule has 0 atom stereocenters. The Morgan fingerprint density at radius 3 is 2.61 bits per heavy atom. The molecule has 23 heavy (non-hydrogen) atoms. The number of hydrogen-bond donors (Lipinski definition) is 0. The Balaban J connectivity index is 1.49. The van der Waals surface area contributed by atoms with Gasteiger partial charge in [-0.25, -0.2) is 8.42 Å². The molecule has 0 amide bonds. The molecule has 0 radical (unpaired) electrons. The summed E-state index contributed by atoms with van der Waals surface area (Å²) in [6.07, 6.45) is 6.92. The van der Waals surface area contributed by atoms with Gasteiger partial charge in [0.15, 0.2) is 0 Å². The molecule has 0 bridgehead atoms. The summed E-state index contributed by atoms with van der Waals surface area (Å²) in [7, 11) is -3.34. The van der Waals surface area contributed by atoms with Crippen molar-refractivity contribution >= 4 is 10.0 Å². The van der Waals surface area contributed by atoms with Crippen molar-refractivity contribution < 1.29 is 8.42 Å². The molecule has 1 heterocycles. The third kappa shape index (κ3) is 3.32. The second-order valence-corrected chi connectivity index (χ2v) is 9.22. The minimum absolute atomic E-state index is 0.494. The highest BCUT2D eigenvalue weighted by molar-refractivity contribution is 7.89. The zero-order valence-electron chi connectivity index (χ0n) is 13.7. The first-order valence-corrected chi connectivity index (χ1v) is 10.4. The van der Waals surface area contributed by atoms with Gasteiger partial charge in [-0.1, -0.05) is 6.07 Å². The lowest BCUT2D eigenvalue weighted by Crippen LogP contribution is -2.35. The van der Waals surface area contributed by atoms with Crippen molar-refractivity contribution in [1.29, 1.82) is 0 Å². The fourth-order valence-electron chi connectivity index (χ4n) is 3.89. The van der Waals surface area contributed by atoms with Crippen LogP contribution in [0, 0.1) is 5.92 Å². The highest BCUT2D eigenvalue weighted by Gasteiger charge is 2.30. The SMILES string of the molecule is O=S(=O)(c1ccc2c(c1)CCC2)N1CCCN(CC2CC2)CC1. The van der Waals surface area contributed by atoms with E-state index in [9.17, 15) is 8.42 Å². The topological polar surface area (TPSA) is 40.6 Å². The van der Waals surface area contributed by atoms with E-state index in [4.69, 9.17) is 0 Å². The molecule has 1 aromatic rings. The maximum Gasteiger partial charge on any atom is 0.243 e. The molecule has 0 N–H and O–H groups in total. The van der Waals surface area contributed by atoms with E-state index in [0.29, 0.717) is 18.0 Å². The molecule has 126 valence electrons. The molecule has 3 aliphatic rings. The first-order chi connectivity index (χ1) is 11.1. The first-order valence-electron chi connectivity index (χ1n) is 8.97. The van der Waals surface area contributed by atoms with Gasteiger partial charge in [0.1, 0.15) is 0 Å². The van der Waals surface area contributed by atoms with Crippen LogP contribution < -0.4 is 0 Å². The predicted octanol–water partition coefficient (Wildman–Crippen LogP) is 2.28. The van der Waals surface area contributed by atoms with Crippen LogP contribution in [-0.2, 0) is 22.9 Å². The molecular formula is C18H26N2O2S. The smallest absolute Gasteiger partial charge is 0.243 e. The highest BCUT2D eigenvalue weighted by atomic mass is 32.2. The van der Waals surface area contributed by atoms with E-state index < -0.39 is 10.0 Å². The number of benzene rings is 1. The van der Waals surface area contributed by atoms with Crippen LogP contribution in [0.5, 0.6) is 0 Å². The molecule has 1 aliphatic heterocycles. The maximum absolute atomic E-state index is 13.0. The van der Waals surface area contributed by atoms with Gasteiger partial charge >= 0.3 is 0 Å². The van der Waals surface area contributed by atoms with Gasteiger partial charge in [-0.2, -0.15) is 4.31 Å². The first kappa shape index (κ1) is 15.6. The van der Waals surface area contributed by atoms with Crippen LogP contribution in [0.1, 0.15) is 36.8 Å². The normalized spacial score (nSPS) is 23.7. The zero-order chi connectivity index (χ0) is 15.9. The fourth-order valence-corrected chi connectivity index (χ4v) is 5.41. The lowest BCUT2D eigenvalue weighted by atomic mass is 10.1. The number of sulfonamides is 1. The molecule has 2 fully saturated rings. The Labute approximate surface area is 139 Å². The number of fused-ring (bicyclic) bond motifs is 1. The number of rotatable bonds is 4. The summed E-state index contributed by atoms with van der Waals surface area (Å²) >= 11 is 0. The summed E-state index contributed by atoms with van der Waals surface area (Å²) in [5.41, 5.74) is 2.56. The lowest BCUT2D eigenvalue weighted by Gasteiger charge is -2.22. The molecule has 5 heteroatoms. The van der Waals surface area contributed by atoms with Crippen LogP contribution in [0.3, 0.4) is 0 Å². The molecule has 0 unspecified atom stereocenters. The Bertz CT molecular complexity index is 682. The molecule has 1 aromatic carbocycles. The highest BCUT2D eigenvalue weighted by Crippen LogP contribution is 2.30. The van der Waals surface area contributed by atoms with Gasteiger partial charge < -0.3 is 4.90 Å².